The van der Waals surface area contributed by atoms with Gasteiger partial charge in [0.1, 0.15) is 11.6 Å². The average Bonchev–Trinajstić information content (AvgIpc) is 2.63. The maximum atomic E-state index is 14.4. The van der Waals surface area contributed by atoms with E-state index in [9.17, 15) is 22.0 Å². The van der Waals surface area contributed by atoms with Gasteiger partial charge >= 0.3 is 6.18 Å². The Bertz CT molecular complexity index is 1030. The number of aromatic nitrogens is 2. The summed E-state index contributed by atoms with van der Waals surface area (Å²) in [5.74, 6) is -1.61. The third-order valence-corrected chi connectivity index (χ3v) is 4.48. The van der Waals surface area contributed by atoms with E-state index in [0.717, 1.165) is 6.07 Å². The first kappa shape index (κ1) is 19.8. The molecule has 0 saturated heterocycles. The lowest BCUT2D eigenvalue weighted by Gasteiger charge is -2.19. The monoisotopic (exact) mass is 396 g/mol. The van der Waals surface area contributed by atoms with Gasteiger partial charge in [-0.25, -0.2) is 8.78 Å². The van der Waals surface area contributed by atoms with Gasteiger partial charge in [-0.05, 0) is 32.0 Å². The first-order valence-electron chi connectivity index (χ1n) is 8.40. The Labute approximate surface area is 157 Å². The number of anilines is 2. The van der Waals surface area contributed by atoms with E-state index in [2.05, 4.69) is 20.8 Å². The van der Waals surface area contributed by atoms with Gasteiger partial charge in [0, 0.05) is 23.4 Å². The number of fused-ring (bicyclic) bond motifs is 1. The second-order valence-electron chi connectivity index (χ2n) is 6.33. The van der Waals surface area contributed by atoms with Crippen molar-refractivity contribution in [1.82, 2.24) is 10.2 Å². The molecule has 1 aromatic heterocycles. The number of nitrogens with zero attached hydrogens (tertiary/aromatic N) is 2. The maximum Gasteiger partial charge on any atom is 0.419 e. The Morgan fingerprint density at radius 1 is 1.04 bits per heavy atom. The highest BCUT2D eigenvalue weighted by Crippen LogP contribution is 2.35. The van der Waals surface area contributed by atoms with Crippen LogP contribution in [0.3, 0.4) is 0 Å². The molecule has 28 heavy (non-hydrogen) atoms. The molecule has 0 radical (unpaired) electrons. The Hall–Kier alpha value is -2.97. The molecular weight excluding hydrogens is 379 g/mol. The molecule has 1 atom stereocenters. The highest BCUT2D eigenvalue weighted by atomic mass is 19.4. The van der Waals surface area contributed by atoms with Gasteiger partial charge < -0.3 is 10.6 Å². The molecule has 0 aliphatic heterocycles. The van der Waals surface area contributed by atoms with Crippen LogP contribution in [0.1, 0.15) is 29.8 Å². The van der Waals surface area contributed by atoms with E-state index < -0.39 is 29.4 Å². The molecule has 2 N–H and O–H groups in total. The number of aryl methyl sites for hydroxylation is 1. The Kier molecular flexibility index (Phi) is 5.10. The number of rotatable bonds is 4. The van der Waals surface area contributed by atoms with Crippen LogP contribution in [-0.2, 0) is 6.18 Å². The number of hydrogen-bond donors (Lipinski definition) is 2. The fourth-order valence-electron chi connectivity index (χ4n) is 2.99. The molecule has 0 fully saturated rings. The molecule has 3 rings (SSSR count). The van der Waals surface area contributed by atoms with Gasteiger partial charge in [-0.2, -0.15) is 18.3 Å². The van der Waals surface area contributed by atoms with Gasteiger partial charge in [0.15, 0.2) is 5.82 Å². The van der Waals surface area contributed by atoms with Crippen LogP contribution in [0, 0.1) is 18.6 Å². The summed E-state index contributed by atoms with van der Waals surface area (Å²) in [7, 11) is 1.56. The van der Waals surface area contributed by atoms with Crippen LogP contribution in [0.2, 0.25) is 0 Å². The lowest BCUT2D eigenvalue weighted by molar-refractivity contribution is -0.140. The third kappa shape index (κ3) is 3.56. The van der Waals surface area contributed by atoms with Crippen LogP contribution >= 0.6 is 0 Å². The standard InChI is InChI=1S/C19H17F5N4/c1-9(11-5-4-6-14(17(11)21)19(22,23)24)26-18-13-8-16(25-3)15(20)7-12(13)10(2)27-28-18/h4-9,25H,1-3H3,(H,26,28)/t9-/m1/s1. The summed E-state index contributed by atoms with van der Waals surface area (Å²) in [5.41, 5.74) is -0.791. The summed E-state index contributed by atoms with van der Waals surface area (Å²) in [6.45, 7) is 3.17. The molecule has 0 aliphatic carbocycles. The van der Waals surface area contributed by atoms with Crippen molar-refractivity contribution in [2.75, 3.05) is 17.7 Å². The van der Waals surface area contributed by atoms with E-state index >= 15 is 0 Å². The molecule has 1 heterocycles. The molecule has 4 nitrogen and oxygen atoms in total. The van der Waals surface area contributed by atoms with Gasteiger partial charge in [-0.15, -0.1) is 5.10 Å². The number of alkyl halides is 3. The zero-order valence-corrected chi connectivity index (χ0v) is 15.2. The fourth-order valence-corrected chi connectivity index (χ4v) is 2.99. The SMILES string of the molecule is CNc1cc2c(N[C@H](C)c3cccc(C(F)(F)F)c3F)nnc(C)c2cc1F. The summed E-state index contributed by atoms with van der Waals surface area (Å²) in [6, 6.07) is 5.08. The second kappa shape index (κ2) is 7.21. The molecule has 0 unspecified atom stereocenters. The van der Waals surface area contributed by atoms with Gasteiger partial charge in [-0.1, -0.05) is 12.1 Å². The minimum atomic E-state index is -4.80. The van der Waals surface area contributed by atoms with Crippen LogP contribution in [0.15, 0.2) is 30.3 Å². The first-order chi connectivity index (χ1) is 13.1. The predicted molar refractivity (Wildman–Crippen MR) is 97.2 cm³/mol. The minimum absolute atomic E-state index is 0.165. The average molecular weight is 396 g/mol. The summed E-state index contributed by atoms with van der Waals surface area (Å²) >= 11 is 0. The van der Waals surface area contributed by atoms with Crippen molar-refractivity contribution >= 4 is 22.3 Å². The van der Waals surface area contributed by atoms with Gasteiger partial charge in [0.25, 0.3) is 0 Å². The third-order valence-electron chi connectivity index (χ3n) is 4.48. The molecule has 0 saturated carbocycles. The summed E-state index contributed by atoms with van der Waals surface area (Å²) in [6.07, 6.45) is -4.80. The molecule has 0 bridgehead atoms. The van der Waals surface area contributed by atoms with E-state index in [-0.39, 0.29) is 17.1 Å². The van der Waals surface area contributed by atoms with Crippen molar-refractivity contribution in [3.63, 3.8) is 0 Å². The molecule has 3 aromatic rings. The van der Waals surface area contributed by atoms with Crippen molar-refractivity contribution in [3.05, 3.63) is 58.8 Å². The number of benzene rings is 2. The van der Waals surface area contributed by atoms with Crippen LogP contribution in [0.4, 0.5) is 33.5 Å². The topological polar surface area (TPSA) is 49.8 Å². The molecule has 2 aromatic carbocycles. The lowest BCUT2D eigenvalue weighted by atomic mass is 10.0. The Morgan fingerprint density at radius 2 is 1.75 bits per heavy atom. The summed E-state index contributed by atoms with van der Waals surface area (Å²) in [4.78, 5) is 0. The van der Waals surface area contributed by atoms with Crippen molar-refractivity contribution in [2.24, 2.45) is 0 Å². The predicted octanol–water partition coefficient (Wildman–Crippen LogP) is 5.45. The molecule has 9 heteroatoms. The summed E-state index contributed by atoms with van der Waals surface area (Å²) in [5, 5.41) is 14.6. The second-order valence-corrected chi connectivity index (χ2v) is 6.33. The van der Waals surface area contributed by atoms with Crippen LogP contribution < -0.4 is 10.6 Å². The van der Waals surface area contributed by atoms with Crippen LogP contribution in [0.25, 0.3) is 10.8 Å². The highest BCUT2D eigenvalue weighted by molar-refractivity contribution is 5.95. The van der Waals surface area contributed by atoms with Crippen LogP contribution in [-0.4, -0.2) is 17.2 Å². The normalized spacial score (nSPS) is 12.9. The molecule has 0 amide bonds. The van der Waals surface area contributed by atoms with E-state index in [0.29, 0.717) is 22.5 Å². The number of hydrogen-bond acceptors (Lipinski definition) is 4. The lowest BCUT2D eigenvalue weighted by Crippen LogP contribution is -2.15. The van der Waals surface area contributed by atoms with Gasteiger partial charge in [-0.3, -0.25) is 0 Å². The highest BCUT2D eigenvalue weighted by Gasteiger charge is 2.35. The van der Waals surface area contributed by atoms with Crippen LogP contribution in [0.5, 0.6) is 0 Å². The first-order valence-corrected chi connectivity index (χ1v) is 8.40. The van der Waals surface area contributed by atoms with Crippen molar-refractivity contribution in [3.8, 4) is 0 Å². The van der Waals surface area contributed by atoms with Gasteiger partial charge in [0.05, 0.1) is 23.0 Å². The number of halogens is 5. The molecule has 148 valence electrons. The summed E-state index contributed by atoms with van der Waals surface area (Å²) < 4.78 is 67.4. The van der Waals surface area contributed by atoms with Crippen molar-refractivity contribution < 1.29 is 22.0 Å². The zero-order valence-electron chi connectivity index (χ0n) is 15.2. The van der Waals surface area contributed by atoms with Crippen molar-refractivity contribution in [1.29, 1.82) is 0 Å². The maximum absolute atomic E-state index is 14.4. The molecular formula is C19H17F5N4. The largest absolute Gasteiger partial charge is 0.419 e. The Morgan fingerprint density at radius 3 is 2.39 bits per heavy atom. The quantitative estimate of drug-likeness (QED) is 0.576. The van der Waals surface area contributed by atoms with E-state index in [4.69, 9.17) is 0 Å². The Balaban J connectivity index is 2.05. The number of nitrogens with one attached hydrogen (secondary N) is 2. The van der Waals surface area contributed by atoms with E-state index in [1.54, 1.807) is 14.0 Å². The van der Waals surface area contributed by atoms with Gasteiger partial charge in [0.2, 0.25) is 0 Å². The van der Waals surface area contributed by atoms with E-state index in [1.807, 2.05) is 0 Å². The minimum Gasteiger partial charge on any atom is -0.386 e. The zero-order chi connectivity index (χ0) is 20.6. The fraction of sp³-hybridized carbons (Fsp3) is 0.263. The molecule has 0 aliphatic rings. The smallest absolute Gasteiger partial charge is 0.386 e. The van der Waals surface area contributed by atoms with E-state index in [1.165, 1.54) is 25.1 Å². The van der Waals surface area contributed by atoms with Crippen molar-refractivity contribution in [2.45, 2.75) is 26.1 Å². The molecule has 0 spiro atoms.